The van der Waals surface area contributed by atoms with Gasteiger partial charge in [-0.25, -0.2) is 0 Å². The Morgan fingerprint density at radius 3 is 2.64 bits per heavy atom. The number of Topliss-reactive ketones (excluding diaryl/α,β-unsaturated/α-hetero) is 1. The van der Waals surface area contributed by atoms with Crippen LogP contribution >= 0.6 is 0 Å². The fraction of sp³-hybridized carbons (Fsp3) is 0.364. The number of ketones is 1. The molecule has 3 heteroatoms. The predicted molar refractivity (Wildman–Crippen MR) is 51.1 cm³/mol. The minimum atomic E-state index is -0.660. The van der Waals surface area contributed by atoms with E-state index in [0.717, 1.165) is 0 Å². The van der Waals surface area contributed by atoms with E-state index in [1.807, 2.05) is 18.2 Å². The molecule has 1 N–H and O–H groups in total. The van der Waals surface area contributed by atoms with Gasteiger partial charge in [-0.15, -0.1) is 0 Å². The fourth-order valence-corrected chi connectivity index (χ4v) is 1.44. The molecule has 1 aliphatic heterocycles. The molecule has 3 nitrogen and oxygen atoms in total. The maximum absolute atomic E-state index is 11.7. The molecule has 1 fully saturated rings. The second-order valence-electron chi connectivity index (χ2n) is 3.70. The lowest BCUT2D eigenvalue weighted by molar-refractivity contribution is 0.0953. The molecule has 1 aromatic carbocycles. The lowest BCUT2D eigenvalue weighted by atomic mass is 10.0. The van der Waals surface area contributed by atoms with Gasteiger partial charge in [0, 0.05) is 5.56 Å². The first-order valence-electron chi connectivity index (χ1n) is 4.55. The smallest absolute Gasteiger partial charge is 0.194 e. The van der Waals surface area contributed by atoms with Crippen LogP contribution in [-0.2, 0) is 4.74 Å². The van der Waals surface area contributed by atoms with Crippen molar-refractivity contribution in [3.8, 4) is 0 Å². The number of hydrogen-bond acceptors (Lipinski definition) is 3. The summed E-state index contributed by atoms with van der Waals surface area (Å²) in [7, 11) is 0. The predicted octanol–water partition coefficient (Wildman–Crippen LogP) is 1.02. The van der Waals surface area contributed by atoms with E-state index in [1.165, 1.54) is 0 Å². The summed E-state index contributed by atoms with van der Waals surface area (Å²) < 4.78 is 5.17. The van der Waals surface area contributed by atoms with E-state index in [9.17, 15) is 4.79 Å². The number of benzene rings is 1. The van der Waals surface area contributed by atoms with Crippen LogP contribution in [0.3, 0.4) is 0 Å². The molecular weight excluding hydrogens is 180 g/mol. The Kier molecular flexibility index (Phi) is 2.13. The van der Waals surface area contributed by atoms with Gasteiger partial charge in [0.2, 0.25) is 0 Å². The highest BCUT2D eigenvalue weighted by Gasteiger charge is 2.56. The van der Waals surface area contributed by atoms with Crippen LogP contribution < -0.4 is 0 Å². The zero-order chi connectivity index (χ0) is 10.2. The van der Waals surface area contributed by atoms with Gasteiger partial charge in [-0.05, 0) is 6.92 Å². The zero-order valence-corrected chi connectivity index (χ0v) is 7.93. The van der Waals surface area contributed by atoms with Crippen LogP contribution in [-0.4, -0.2) is 29.2 Å². The van der Waals surface area contributed by atoms with Crippen LogP contribution in [0.15, 0.2) is 30.3 Å². The first-order valence-corrected chi connectivity index (χ1v) is 4.55. The molecule has 2 rings (SSSR count). The van der Waals surface area contributed by atoms with Gasteiger partial charge in [0.25, 0.3) is 0 Å². The normalized spacial score (nSPS) is 30.0. The van der Waals surface area contributed by atoms with Crippen LogP contribution in [0.1, 0.15) is 17.3 Å². The molecular formula is C11H12O3. The van der Waals surface area contributed by atoms with E-state index < -0.39 is 11.7 Å². The molecule has 0 unspecified atom stereocenters. The van der Waals surface area contributed by atoms with Crippen LogP contribution in [0.2, 0.25) is 0 Å². The summed E-state index contributed by atoms with van der Waals surface area (Å²) in [6.45, 7) is 1.62. The third-order valence-corrected chi connectivity index (χ3v) is 2.49. The SMILES string of the molecule is C[C@@]1(CO)O[C@@H]1C(=O)c1ccccc1. The molecule has 1 aliphatic rings. The van der Waals surface area contributed by atoms with E-state index in [2.05, 4.69) is 0 Å². The topological polar surface area (TPSA) is 49.8 Å². The van der Waals surface area contributed by atoms with Crippen molar-refractivity contribution in [2.45, 2.75) is 18.6 Å². The van der Waals surface area contributed by atoms with Crippen molar-refractivity contribution >= 4 is 5.78 Å². The number of ether oxygens (including phenoxy) is 1. The Balaban J connectivity index is 2.13. The molecule has 14 heavy (non-hydrogen) atoms. The number of carbonyl (C=O) groups excluding carboxylic acids is 1. The lowest BCUT2D eigenvalue weighted by Crippen LogP contribution is -2.21. The van der Waals surface area contributed by atoms with Crippen molar-refractivity contribution in [3.05, 3.63) is 35.9 Å². The number of epoxide rings is 1. The van der Waals surface area contributed by atoms with Crippen LogP contribution in [0.5, 0.6) is 0 Å². The van der Waals surface area contributed by atoms with Gasteiger partial charge >= 0.3 is 0 Å². The second kappa shape index (κ2) is 3.19. The van der Waals surface area contributed by atoms with Crippen molar-refractivity contribution in [1.82, 2.24) is 0 Å². The molecule has 1 saturated heterocycles. The van der Waals surface area contributed by atoms with Crippen molar-refractivity contribution in [3.63, 3.8) is 0 Å². The highest BCUT2D eigenvalue weighted by molar-refractivity contribution is 6.01. The Labute approximate surface area is 82.3 Å². The molecule has 1 aromatic rings. The summed E-state index contributed by atoms with van der Waals surface area (Å²) in [5, 5.41) is 8.95. The van der Waals surface area contributed by atoms with E-state index >= 15 is 0 Å². The Morgan fingerprint density at radius 2 is 2.14 bits per heavy atom. The van der Waals surface area contributed by atoms with Gasteiger partial charge in [-0.1, -0.05) is 30.3 Å². The Bertz CT molecular complexity index is 347. The Morgan fingerprint density at radius 1 is 1.50 bits per heavy atom. The first kappa shape index (κ1) is 9.37. The van der Waals surface area contributed by atoms with Gasteiger partial charge in [-0.2, -0.15) is 0 Å². The molecule has 0 aliphatic carbocycles. The van der Waals surface area contributed by atoms with E-state index in [-0.39, 0.29) is 12.4 Å². The minimum absolute atomic E-state index is 0.0536. The molecule has 0 saturated carbocycles. The molecule has 2 atom stereocenters. The molecule has 0 spiro atoms. The monoisotopic (exact) mass is 192 g/mol. The quantitative estimate of drug-likeness (QED) is 0.574. The standard InChI is InChI=1S/C11H12O3/c1-11(7-12)10(14-11)9(13)8-5-3-2-4-6-8/h2-6,10,12H,7H2,1H3/t10-,11+/m1/s1. The second-order valence-corrected chi connectivity index (χ2v) is 3.70. The van der Waals surface area contributed by atoms with Crippen molar-refractivity contribution in [2.24, 2.45) is 0 Å². The summed E-state index contributed by atoms with van der Waals surface area (Å²) in [4.78, 5) is 11.7. The third kappa shape index (κ3) is 1.45. The molecule has 1 heterocycles. The van der Waals surface area contributed by atoms with Gasteiger partial charge in [0.1, 0.15) is 5.60 Å². The van der Waals surface area contributed by atoms with Crippen LogP contribution in [0, 0.1) is 0 Å². The van der Waals surface area contributed by atoms with Crippen LogP contribution in [0.4, 0.5) is 0 Å². The minimum Gasteiger partial charge on any atom is -0.393 e. The van der Waals surface area contributed by atoms with E-state index in [4.69, 9.17) is 9.84 Å². The fourth-order valence-electron chi connectivity index (χ4n) is 1.44. The molecule has 74 valence electrons. The van der Waals surface area contributed by atoms with E-state index in [0.29, 0.717) is 5.56 Å². The summed E-state index contributed by atoms with van der Waals surface area (Å²) in [5.74, 6) is -0.0536. The highest BCUT2D eigenvalue weighted by atomic mass is 16.6. The summed E-state index contributed by atoms with van der Waals surface area (Å²) in [5.41, 5.74) is -0.0258. The summed E-state index contributed by atoms with van der Waals surface area (Å²) in [6, 6.07) is 8.98. The van der Waals surface area contributed by atoms with Crippen molar-refractivity contribution < 1.29 is 14.6 Å². The van der Waals surface area contributed by atoms with Gasteiger partial charge < -0.3 is 9.84 Å². The van der Waals surface area contributed by atoms with Gasteiger partial charge in [-0.3, -0.25) is 4.79 Å². The Hall–Kier alpha value is -1.19. The average Bonchev–Trinajstić information content (AvgIpc) is 2.92. The number of carbonyl (C=O) groups is 1. The summed E-state index contributed by atoms with van der Waals surface area (Å²) >= 11 is 0. The largest absolute Gasteiger partial charge is 0.393 e. The maximum Gasteiger partial charge on any atom is 0.194 e. The first-order chi connectivity index (χ1) is 6.67. The van der Waals surface area contributed by atoms with Crippen molar-refractivity contribution in [2.75, 3.05) is 6.61 Å². The van der Waals surface area contributed by atoms with Crippen molar-refractivity contribution in [1.29, 1.82) is 0 Å². The molecule has 0 bridgehead atoms. The molecule has 0 aromatic heterocycles. The van der Waals surface area contributed by atoms with Gasteiger partial charge in [0.15, 0.2) is 11.9 Å². The third-order valence-electron chi connectivity index (χ3n) is 2.49. The number of aliphatic hydroxyl groups is 1. The van der Waals surface area contributed by atoms with Gasteiger partial charge in [0.05, 0.1) is 6.61 Å². The lowest BCUT2D eigenvalue weighted by Gasteiger charge is -1.99. The highest BCUT2D eigenvalue weighted by Crippen LogP contribution is 2.37. The molecule has 0 amide bonds. The molecule has 0 radical (unpaired) electrons. The maximum atomic E-state index is 11.7. The van der Waals surface area contributed by atoms with E-state index in [1.54, 1.807) is 19.1 Å². The average molecular weight is 192 g/mol. The number of rotatable bonds is 3. The number of hydrogen-bond donors (Lipinski definition) is 1. The number of aliphatic hydroxyl groups excluding tert-OH is 1. The summed E-state index contributed by atoms with van der Waals surface area (Å²) in [6.07, 6.45) is -0.477. The van der Waals surface area contributed by atoms with Crippen LogP contribution in [0.25, 0.3) is 0 Å². The zero-order valence-electron chi connectivity index (χ0n) is 7.93.